The van der Waals surface area contributed by atoms with Gasteiger partial charge in [0, 0.05) is 33.1 Å². The lowest BCUT2D eigenvalue weighted by molar-refractivity contribution is -0.130. The molecule has 116 valence electrons. The number of carbonyl (C=O) groups is 1. The third kappa shape index (κ3) is 5.14. The maximum atomic E-state index is 11.9. The molecule has 1 atom stereocenters. The zero-order chi connectivity index (χ0) is 15.1. The van der Waals surface area contributed by atoms with Crippen molar-refractivity contribution in [2.45, 2.75) is 25.8 Å². The molecule has 21 heavy (non-hydrogen) atoms. The van der Waals surface area contributed by atoms with Gasteiger partial charge in [0.15, 0.2) is 0 Å². The second-order valence-corrected chi connectivity index (χ2v) is 6.04. The first-order chi connectivity index (χ1) is 10.2. The Bertz CT molecular complexity index is 435. The molecule has 0 aromatic heterocycles. The van der Waals surface area contributed by atoms with Crippen molar-refractivity contribution in [2.24, 2.45) is 11.7 Å². The van der Waals surface area contributed by atoms with Gasteiger partial charge in [0.1, 0.15) is 0 Å². The minimum atomic E-state index is 0.224. The van der Waals surface area contributed by atoms with E-state index in [-0.39, 0.29) is 5.91 Å². The summed E-state index contributed by atoms with van der Waals surface area (Å²) in [5.74, 6) is 0.822. The molecule has 0 saturated carbocycles. The fourth-order valence-electron chi connectivity index (χ4n) is 2.98. The predicted molar refractivity (Wildman–Crippen MR) is 85.8 cm³/mol. The third-order valence-corrected chi connectivity index (χ3v) is 4.17. The summed E-state index contributed by atoms with van der Waals surface area (Å²) in [5.41, 5.74) is 6.82. The standard InChI is InChI=1S/C17H27N3O/c1-19(17(21)8-5-10-18)12-16-9-11-20(14-16)13-15-6-3-2-4-7-15/h2-4,6-7,16H,5,8-14,18H2,1H3. The van der Waals surface area contributed by atoms with Crippen LogP contribution >= 0.6 is 0 Å². The molecule has 0 radical (unpaired) electrons. The van der Waals surface area contributed by atoms with Crippen molar-refractivity contribution in [3.63, 3.8) is 0 Å². The van der Waals surface area contributed by atoms with Crippen molar-refractivity contribution >= 4 is 5.91 Å². The van der Waals surface area contributed by atoms with Gasteiger partial charge in [-0.3, -0.25) is 9.69 Å². The van der Waals surface area contributed by atoms with E-state index in [0.717, 1.165) is 32.6 Å². The zero-order valence-electron chi connectivity index (χ0n) is 13.0. The number of hydrogen-bond acceptors (Lipinski definition) is 3. The molecule has 0 spiro atoms. The molecule has 4 nitrogen and oxygen atoms in total. The largest absolute Gasteiger partial charge is 0.345 e. The molecule has 4 heteroatoms. The Hall–Kier alpha value is -1.39. The van der Waals surface area contributed by atoms with E-state index in [0.29, 0.717) is 18.9 Å². The van der Waals surface area contributed by atoms with Crippen LogP contribution in [0.4, 0.5) is 0 Å². The fourth-order valence-corrected chi connectivity index (χ4v) is 2.98. The number of rotatable bonds is 7. The lowest BCUT2D eigenvalue weighted by atomic mass is 10.1. The number of benzene rings is 1. The molecule has 1 amide bonds. The second-order valence-electron chi connectivity index (χ2n) is 6.04. The van der Waals surface area contributed by atoms with Crippen molar-refractivity contribution in [1.82, 2.24) is 9.80 Å². The molecule has 1 fully saturated rings. The topological polar surface area (TPSA) is 49.6 Å². The Morgan fingerprint density at radius 1 is 1.38 bits per heavy atom. The highest BCUT2D eigenvalue weighted by molar-refractivity contribution is 5.75. The Balaban J connectivity index is 1.73. The van der Waals surface area contributed by atoms with Gasteiger partial charge < -0.3 is 10.6 Å². The summed E-state index contributed by atoms with van der Waals surface area (Å²) in [7, 11) is 1.92. The van der Waals surface area contributed by atoms with E-state index < -0.39 is 0 Å². The summed E-state index contributed by atoms with van der Waals surface area (Å²) in [6, 6.07) is 10.6. The van der Waals surface area contributed by atoms with Crippen LogP contribution in [-0.4, -0.2) is 48.9 Å². The highest BCUT2D eigenvalue weighted by Gasteiger charge is 2.24. The normalized spacial score (nSPS) is 18.9. The third-order valence-electron chi connectivity index (χ3n) is 4.17. The lowest BCUT2D eigenvalue weighted by Gasteiger charge is -2.22. The molecule has 1 heterocycles. The van der Waals surface area contributed by atoms with Crippen LogP contribution in [0.2, 0.25) is 0 Å². The van der Waals surface area contributed by atoms with Crippen LogP contribution in [0.5, 0.6) is 0 Å². The van der Waals surface area contributed by atoms with E-state index in [1.54, 1.807) is 0 Å². The summed E-state index contributed by atoms with van der Waals surface area (Å²) < 4.78 is 0. The highest BCUT2D eigenvalue weighted by atomic mass is 16.2. The van der Waals surface area contributed by atoms with Crippen LogP contribution in [-0.2, 0) is 11.3 Å². The minimum absolute atomic E-state index is 0.224. The number of nitrogens with two attached hydrogens (primary N) is 1. The van der Waals surface area contributed by atoms with Crippen molar-refractivity contribution in [3.8, 4) is 0 Å². The van der Waals surface area contributed by atoms with Crippen LogP contribution in [0.3, 0.4) is 0 Å². The molecular formula is C17H27N3O. The molecule has 2 rings (SSSR count). The number of carbonyl (C=O) groups excluding carboxylic acids is 1. The van der Waals surface area contributed by atoms with Gasteiger partial charge >= 0.3 is 0 Å². The fraction of sp³-hybridized carbons (Fsp3) is 0.588. The van der Waals surface area contributed by atoms with Crippen molar-refractivity contribution in [1.29, 1.82) is 0 Å². The first kappa shape index (κ1) is 16.0. The van der Waals surface area contributed by atoms with Crippen molar-refractivity contribution in [2.75, 3.05) is 33.2 Å². The van der Waals surface area contributed by atoms with E-state index in [1.807, 2.05) is 11.9 Å². The Morgan fingerprint density at radius 2 is 2.14 bits per heavy atom. The average molecular weight is 289 g/mol. The first-order valence-corrected chi connectivity index (χ1v) is 7.89. The van der Waals surface area contributed by atoms with Crippen LogP contribution in [0.25, 0.3) is 0 Å². The van der Waals surface area contributed by atoms with Gasteiger partial charge in [-0.2, -0.15) is 0 Å². The SMILES string of the molecule is CN(CC1CCN(Cc2ccccc2)C1)C(=O)CCCN. The molecule has 1 aliphatic rings. The maximum absolute atomic E-state index is 11.9. The van der Waals surface area contributed by atoms with Crippen LogP contribution in [0, 0.1) is 5.92 Å². The Morgan fingerprint density at radius 3 is 2.86 bits per heavy atom. The van der Waals surface area contributed by atoms with E-state index >= 15 is 0 Å². The van der Waals surface area contributed by atoms with Crippen molar-refractivity contribution in [3.05, 3.63) is 35.9 Å². The number of hydrogen-bond donors (Lipinski definition) is 1. The minimum Gasteiger partial charge on any atom is -0.345 e. The first-order valence-electron chi connectivity index (χ1n) is 7.89. The zero-order valence-corrected chi connectivity index (χ0v) is 13.0. The number of likely N-dealkylation sites (tertiary alicyclic amines) is 1. The monoisotopic (exact) mass is 289 g/mol. The molecule has 0 aliphatic carbocycles. The lowest BCUT2D eigenvalue weighted by Crippen LogP contribution is -2.33. The number of nitrogens with zero attached hydrogens (tertiary/aromatic N) is 2. The van der Waals surface area contributed by atoms with Crippen LogP contribution in [0.15, 0.2) is 30.3 Å². The van der Waals surface area contributed by atoms with Crippen LogP contribution in [0.1, 0.15) is 24.8 Å². The summed E-state index contributed by atoms with van der Waals surface area (Å²) >= 11 is 0. The molecule has 1 aromatic carbocycles. The van der Waals surface area contributed by atoms with E-state index in [9.17, 15) is 4.79 Å². The molecule has 1 aromatic rings. The van der Waals surface area contributed by atoms with Crippen LogP contribution < -0.4 is 5.73 Å². The van der Waals surface area contributed by atoms with Gasteiger partial charge in [0.25, 0.3) is 0 Å². The molecular weight excluding hydrogens is 262 g/mol. The molecule has 1 aliphatic heterocycles. The summed E-state index contributed by atoms with van der Waals surface area (Å²) in [6.45, 7) is 4.69. The summed E-state index contributed by atoms with van der Waals surface area (Å²) in [4.78, 5) is 16.3. The van der Waals surface area contributed by atoms with Gasteiger partial charge in [-0.15, -0.1) is 0 Å². The molecule has 1 saturated heterocycles. The Labute approximate surface area is 127 Å². The molecule has 1 unspecified atom stereocenters. The van der Waals surface area contributed by atoms with E-state index in [4.69, 9.17) is 5.73 Å². The van der Waals surface area contributed by atoms with Gasteiger partial charge in [-0.05, 0) is 37.4 Å². The van der Waals surface area contributed by atoms with Gasteiger partial charge in [0.2, 0.25) is 5.91 Å². The van der Waals surface area contributed by atoms with Gasteiger partial charge in [-0.25, -0.2) is 0 Å². The second kappa shape index (κ2) is 8.15. The summed E-state index contributed by atoms with van der Waals surface area (Å²) in [5, 5.41) is 0. The molecule has 2 N–H and O–H groups in total. The molecule has 0 bridgehead atoms. The van der Waals surface area contributed by atoms with Gasteiger partial charge in [0.05, 0.1) is 0 Å². The average Bonchev–Trinajstić information content (AvgIpc) is 2.92. The van der Waals surface area contributed by atoms with Crippen molar-refractivity contribution < 1.29 is 4.79 Å². The van der Waals surface area contributed by atoms with E-state index in [2.05, 4.69) is 35.2 Å². The summed E-state index contributed by atoms with van der Waals surface area (Å²) in [6.07, 6.45) is 2.54. The smallest absolute Gasteiger partial charge is 0.222 e. The number of amides is 1. The maximum Gasteiger partial charge on any atom is 0.222 e. The Kier molecular flexibility index (Phi) is 6.21. The van der Waals surface area contributed by atoms with Gasteiger partial charge in [-0.1, -0.05) is 30.3 Å². The van der Waals surface area contributed by atoms with E-state index in [1.165, 1.54) is 12.0 Å². The predicted octanol–water partition coefficient (Wildman–Crippen LogP) is 1.71. The quantitative estimate of drug-likeness (QED) is 0.831. The highest BCUT2D eigenvalue weighted by Crippen LogP contribution is 2.19.